The van der Waals surface area contributed by atoms with Crippen LogP contribution >= 0.6 is 0 Å². The number of hydrogen-bond donors (Lipinski definition) is 2. The second-order valence-electron chi connectivity index (χ2n) is 5.15. The third-order valence-electron chi connectivity index (χ3n) is 3.67. The number of carbonyl (C=O) groups excluding carboxylic acids is 1. The Balaban J connectivity index is 0.00000109. The first-order valence-corrected chi connectivity index (χ1v) is 8.15. The molecule has 0 aliphatic heterocycles. The summed E-state index contributed by atoms with van der Waals surface area (Å²) < 4.78 is 19.0. The van der Waals surface area contributed by atoms with Crippen molar-refractivity contribution in [3.63, 3.8) is 0 Å². The molecule has 1 aromatic carbocycles. The van der Waals surface area contributed by atoms with Crippen molar-refractivity contribution < 1.29 is 13.6 Å². The fourth-order valence-corrected chi connectivity index (χ4v) is 2.53. The van der Waals surface area contributed by atoms with Crippen molar-refractivity contribution in [2.75, 3.05) is 19.4 Å². The van der Waals surface area contributed by atoms with Gasteiger partial charge in [0, 0.05) is 19.7 Å². The van der Waals surface area contributed by atoms with Crippen LogP contribution in [0.3, 0.4) is 0 Å². The van der Waals surface area contributed by atoms with E-state index in [0.29, 0.717) is 33.8 Å². The summed E-state index contributed by atoms with van der Waals surface area (Å²) in [5.74, 6) is 0.430. The third kappa shape index (κ3) is 3.47. The molecule has 0 aliphatic rings. The topological polar surface area (TPSA) is 67.2 Å². The van der Waals surface area contributed by atoms with E-state index in [1.165, 1.54) is 12.1 Å². The van der Waals surface area contributed by atoms with Crippen LogP contribution in [-0.2, 0) is 0 Å². The van der Waals surface area contributed by atoms with Crippen molar-refractivity contribution in [2.45, 2.75) is 20.8 Å². The van der Waals surface area contributed by atoms with Gasteiger partial charge in [-0.3, -0.25) is 4.79 Å². The number of nitrogens with one attached hydrogen (secondary N) is 2. The van der Waals surface area contributed by atoms with Crippen LogP contribution in [0.2, 0.25) is 0 Å². The van der Waals surface area contributed by atoms with Crippen LogP contribution in [0.1, 0.15) is 29.8 Å². The second kappa shape index (κ2) is 7.79. The van der Waals surface area contributed by atoms with Gasteiger partial charge in [0.2, 0.25) is 5.71 Å². The molecule has 5 nitrogen and oxygen atoms in total. The number of fused-ring (bicyclic) bond motifs is 1. The molecule has 0 unspecified atom stereocenters. The molecular formula is C19H22FN3O2. The Morgan fingerprint density at radius 3 is 2.36 bits per heavy atom. The van der Waals surface area contributed by atoms with Crippen molar-refractivity contribution >= 4 is 22.8 Å². The number of amides is 1. The van der Waals surface area contributed by atoms with Crippen LogP contribution in [0.5, 0.6) is 0 Å². The molecule has 0 atom stereocenters. The van der Waals surface area contributed by atoms with E-state index in [-0.39, 0.29) is 11.7 Å². The molecule has 2 heterocycles. The van der Waals surface area contributed by atoms with Gasteiger partial charge in [-0.25, -0.2) is 4.39 Å². The van der Waals surface area contributed by atoms with Crippen molar-refractivity contribution in [3.8, 4) is 11.3 Å². The number of hydrogen-bond acceptors (Lipinski definition) is 4. The zero-order valence-electron chi connectivity index (χ0n) is 15.0. The van der Waals surface area contributed by atoms with Gasteiger partial charge in [0.1, 0.15) is 17.4 Å². The third-order valence-corrected chi connectivity index (χ3v) is 3.67. The molecule has 0 spiro atoms. The zero-order chi connectivity index (χ0) is 18.6. The largest absolute Gasteiger partial charge is 0.437 e. The number of anilines is 1. The molecule has 3 rings (SSSR count). The molecule has 6 heteroatoms. The molecule has 1 amide bonds. The Morgan fingerprint density at radius 1 is 1.16 bits per heavy atom. The highest BCUT2D eigenvalue weighted by atomic mass is 19.1. The van der Waals surface area contributed by atoms with E-state index in [9.17, 15) is 9.18 Å². The van der Waals surface area contributed by atoms with Gasteiger partial charge in [0.05, 0.1) is 10.9 Å². The van der Waals surface area contributed by atoms with Gasteiger partial charge in [-0.05, 0) is 42.8 Å². The van der Waals surface area contributed by atoms with E-state index in [4.69, 9.17) is 4.42 Å². The van der Waals surface area contributed by atoms with Crippen LogP contribution < -0.4 is 10.6 Å². The zero-order valence-corrected chi connectivity index (χ0v) is 15.0. The highest BCUT2D eigenvalue weighted by molar-refractivity contribution is 6.10. The van der Waals surface area contributed by atoms with Gasteiger partial charge >= 0.3 is 0 Å². The average molecular weight is 343 g/mol. The maximum atomic E-state index is 13.2. The standard InChI is InChI=1S/C17H16FN3O2.C2H6/c1-9-8-12-13(16(22)20-3)14(10-4-6-11(18)7-5-10)23-17(12)21-15(9)19-2;1-2/h4-8H,1-3H3,(H,19,21)(H,20,22);1-2H3. The fourth-order valence-electron chi connectivity index (χ4n) is 2.53. The summed E-state index contributed by atoms with van der Waals surface area (Å²) in [6.07, 6.45) is 0. The van der Waals surface area contributed by atoms with Gasteiger partial charge in [0.25, 0.3) is 5.91 Å². The van der Waals surface area contributed by atoms with Gasteiger partial charge in [-0.15, -0.1) is 0 Å². The molecule has 0 fully saturated rings. The summed E-state index contributed by atoms with van der Waals surface area (Å²) in [4.78, 5) is 16.7. The number of aryl methyl sites for hydroxylation is 1. The van der Waals surface area contributed by atoms with Crippen LogP contribution in [0.4, 0.5) is 10.2 Å². The molecule has 0 bridgehead atoms. The number of aromatic nitrogens is 1. The van der Waals surface area contributed by atoms with Gasteiger partial charge < -0.3 is 15.1 Å². The fraction of sp³-hybridized carbons (Fsp3) is 0.263. The first-order chi connectivity index (χ1) is 12.0. The lowest BCUT2D eigenvalue weighted by Crippen LogP contribution is -2.18. The first-order valence-electron chi connectivity index (χ1n) is 8.15. The number of rotatable bonds is 3. The lowest BCUT2D eigenvalue weighted by molar-refractivity contribution is 0.0964. The van der Waals surface area contributed by atoms with Crippen LogP contribution in [-0.4, -0.2) is 25.0 Å². The molecule has 132 valence electrons. The van der Waals surface area contributed by atoms with E-state index >= 15 is 0 Å². The van der Waals surface area contributed by atoms with Crippen molar-refractivity contribution in [3.05, 3.63) is 47.3 Å². The minimum atomic E-state index is -0.349. The van der Waals surface area contributed by atoms with E-state index in [0.717, 1.165) is 5.56 Å². The Hall–Kier alpha value is -2.89. The lowest BCUT2D eigenvalue weighted by atomic mass is 10.0. The quantitative estimate of drug-likeness (QED) is 0.741. The number of pyridine rings is 1. The van der Waals surface area contributed by atoms with E-state index in [2.05, 4.69) is 15.6 Å². The number of furan rings is 1. The van der Waals surface area contributed by atoms with Crippen LogP contribution in [0.15, 0.2) is 34.7 Å². The molecule has 2 aromatic heterocycles. The monoisotopic (exact) mass is 343 g/mol. The normalized spacial score (nSPS) is 10.2. The van der Waals surface area contributed by atoms with Crippen molar-refractivity contribution in [2.24, 2.45) is 0 Å². The second-order valence-corrected chi connectivity index (χ2v) is 5.15. The predicted octanol–water partition coefficient (Wildman–Crippen LogP) is 4.37. The number of carbonyl (C=O) groups is 1. The smallest absolute Gasteiger partial charge is 0.255 e. The van der Waals surface area contributed by atoms with Crippen LogP contribution in [0, 0.1) is 12.7 Å². The molecule has 0 saturated heterocycles. The SMILES string of the molecule is CC.CNC(=O)c1c(-c2ccc(F)cc2)oc2nc(NC)c(C)cc12. The molecular weight excluding hydrogens is 321 g/mol. The summed E-state index contributed by atoms with van der Waals surface area (Å²) in [6.45, 7) is 5.90. The van der Waals surface area contributed by atoms with Crippen LogP contribution in [0.25, 0.3) is 22.4 Å². The highest BCUT2D eigenvalue weighted by Gasteiger charge is 2.23. The molecule has 0 aliphatic carbocycles. The summed E-state index contributed by atoms with van der Waals surface area (Å²) >= 11 is 0. The van der Waals surface area contributed by atoms with E-state index in [1.54, 1.807) is 26.2 Å². The number of halogens is 1. The Bertz CT molecular complexity index is 886. The van der Waals surface area contributed by atoms with Gasteiger partial charge in [0.15, 0.2) is 0 Å². The molecule has 0 saturated carbocycles. The lowest BCUT2D eigenvalue weighted by Gasteiger charge is -2.04. The van der Waals surface area contributed by atoms with E-state index in [1.807, 2.05) is 26.8 Å². The molecule has 3 aromatic rings. The first kappa shape index (κ1) is 18.4. The average Bonchev–Trinajstić information content (AvgIpc) is 3.00. The number of benzene rings is 1. The minimum absolute atomic E-state index is 0.276. The summed E-state index contributed by atoms with van der Waals surface area (Å²) in [6, 6.07) is 7.66. The van der Waals surface area contributed by atoms with E-state index < -0.39 is 0 Å². The van der Waals surface area contributed by atoms with Gasteiger partial charge in [-0.2, -0.15) is 4.98 Å². The number of nitrogens with zero attached hydrogens (tertiary/aromatic N) is 1. The Kier molecular flexibility index (Phi) is 5.75. The minimum Gasteiger partial charge on any atom is -0.437 e. The van der Waals surface area contributed by atoms with Crippen molar-refractivity contribution in [1.29, 1.82) is 0 Å². The molecule has 2 N–H and O–H groups in total. The maximum absolute atomic E-state index is 13.2. The highest BCUT2D eigenvalue weighted by Crippen LogP contribution is 2.34. The Labute approximate surface area is 146 Å². The summed E-state index contributed by atoms with van der Waals surface area (Å²) in [7, 11) is 3.32. The molecule has 0 radical (unpaired) electrons. The van der Waals surface area contributed by atoms with Crippen molar-refractivity contribution in [1.82, 2.24) is 10.3 Å². The summed E-state index contributed by atoms with van der Waals surface area (Å²) in [5.41, 5.74) is 2.27. The Morgan fingerprint density at radius 2 is 1.80 bits per heavy atom. The summed E-state index contributed by atoms with van der Waals surface area (Å²) in [5, 5.41) is 6.22. The maximum Gasteiger partial charge on any atom is 0.255 e. The van der Waals surface area contributed by atoms with Gasteiger partial charge in [-0.1, -0.05) is 13.8 Å². The molecule has 25 heavy (non-hydrogen) atoms. The predicted molar refractivity (Wildman–Crippen MR) is 98.4 cm³/mol.